The fraction of sp³-hybridized carbons (Fsp3) is 0.647. The predicted molar refractivity (Wildman–Crippen MR) is 90.3 cm³/mol. The largest absolute Gasteiger partial charge is 0.369 e. The highest BCUT2D eigenvalue weighted by molar-refractivity contribution is 6.30. The molecule has 1 N–H and O–H groups in total. The number of anilines is 1. The molecular weight excluding hydrogens is 282 g/mol. The smallest absolute Gasteiger partial charge is 0.0407 e. The average molecular weight is 308 g/mol. The molecule has 0 aliphatic carbocycles. The molecule has 1 aromatic rings. The average Bonchev–Trinajstić information content (AvgIpc) is 2.49. The van der Waals surface area contributed by atoms with E-state index in [0.717, 1.165) is 18.1 Å². The monoisotopic (exact) mass is 307 g/mol. The van der Waals surface area contributed by atoms with Crippen LogP contribution in [-0.4, -0.2) is 50.7 Å². The van der Waals surface area contributed by atoms with E-state index in [1.165, 1.54) is 51.3 Å². The third-order valence-corrected chi connectivity index (χ3v) is 5.23. The first-order valence-corrected chi connectivity index (χ1v) is 8.46. The third kappa shape index (κ3) is 3.91. The zero-order chi connectivity index (χ0) is 14.7. The Balaban J connectivity index is 1.51. The van der Waals surface area contributed by atoms with Crippen molar-refractivity contribution in [3.63, 3.8) is 0 Å². The zero-order valence-corrected chi connectivity index (χ0v) is 13.7. The molecule has 2 heterocycles. The maximum Gasteiger partial charge on any atom is 0.0407 e. The fourth-order valence-electron chi connectivity index (χ4n) is 3.54. The molecule has 0 aromatic heterocycles. The van der Waals surface area contributed by atoms with Crippen LogP contribution in [-0.2, 0) is 0 Å². The van der Waals surface area contributed by atoms with Crippen molar-refractivity contribution in [3.8, 4) is 0 Å². The Morgan fingerprint density at radius 2 is 1.67 bits per heavy atom. The predicted octanol–water partition coefficient (Wildman–Crippen LogP) is 2.85. The molecule has 0 amide bonds. The molecule has 0 unspecified atom stereocenters. The van der Waals surface area contributed by atoms with Crippen molar-refractivity contribution in [2.45, 2.75) is 19.8 Å². The Kier molecular flexibility index (Phi) is 4.72. The number of rotatable bonds is 3. The van der Waals surface area contributed by atoms with Gasteiger partial charge in [-0.05, 0) is 55.6 Å². The van der Waals surface area contributed by atoms with Crippen LogP contribution in [0.3, 0.4) is 0 Å². The van der Waals surface area contributed by atoms with Gasteiger partial charge in [-0.25, -0.2) is 0 Å². The highest BCUT2D eigenvalue weighted by Gasteiger charge is 2.30. The summed E-state index contributed by atoms with van der Waals surface area (Å²) in [6.45, 7) is 10.7. The van der Waals surface area contributed by atoms with E-state index < -0.39 is 0 Å². The van der Waals surface area contributed by atoms with Crippen LogP contribution < -0.4 is 10.2 Å². The van der Waals surface area contributed by atoms with Gasteiger partial charge in [0.05, 0.1) is 0 Å². The fourth-order valence-corrected chi connectivity index (χ4v) is 3.67. The molecule has 2 fully saturated rings. The molecule has 4 heteroatoms. The first kappa shape index (κ1) is 15.1. The van der Waals surface area contributed by atoms with Crippen LogP contribution in [0.1, 0.15) is 19.8 Å². The Morgan fingerprint density at radius 3 is 2.29 bits per heavy atom. The van der Waals surface area contributed by atoms with Gasteiger partial charge in [-0.2, -0.15) is 0 Å². The minimum atomic E-state index is 0.508. The SMILES string of the molecule is CC1(CN2CCN(c3ccc(Cl)cc3)CC2)CCNCC1. The molecule has 0 saturated carbocycles. The van der Waals surface area contributed by atoms with Gasteiger partial charge in [0.15, 0.2) is 0 Å². The van der Waals surface area contributed by atoms with E-state index in [0.29, 0.717) is 5.41 Å². The van der Waals surface area contributed by atoms with Gasteiger partial charge in [0.1, 0.15) is 0 Å². The zero-order valence-electron chi connectivity index (χ0n) is 12.9. The summed E-state index contributed by atoms with van der Waals surface area (Å²) in [5.74, 6) is 0. The van der Waals surface area contributed by atoms with Crippen LogP contribution in [0.2, 0.25) is 5.02 Å². The molecule has 1 aromatic carbocycles. The van der Waals surface area contributed by atoms with Gasteiger partial charge >= 0.3 is 0 Å². The number of nitrogens with one attached hydrogen (secondary N) is 1. The lowest BCUT2D eigenvalue weighted by Gasteiger charge is -2.42. The first-order valence-electron chi connectivity index (χ1n) is 8.08. The summed E-state index contributed by atoms with van der Waals surface area (Å²) in [6, 6.07) is 8.23. The molecule has 0 bridgehead atoms. The lowest BCUT2D eigenvalue weighted by atomic mass is 9.80. The summed E-state index contributed by atoms with van der Waals surface area (Å²) in [5, 5.41) is 4.29. The Hall–Kier alpha value is -0.770. The van der Waals surface area contributed by atoms with Crippen molar-refractivity contribution in [1.29, 1.82) is 0 Å². The maximum absolute atomic E-state index is 5.97. The van der Waals surface area contributed by atoms with E-state index in [4.69, 9.17) is 11.6 Å². The molecular formula is C17H26ClN3. The van der Waals surface area contributed by atoms with Gasteiger partial charge in [0, 0.05) is 43.4 Å². The van der Waals surface area contributed by atoms with Crippen molar-refractivity contribution < 1.29 is 0 Å². The van der Waals surface area contributed by atoms with E-state index in [1.807, 2.05) is 12.1 Å². The number of piperazine rings is 1. The highest BCUT2D eigenvalue weighted by Crippen LogP contribution is 2.29. The number of hydrogen-bond acceptors (Lipinski definition) is 3. The lowest BCUT2D eigenvalue weighted by molar-refractivity contribution is 0.123. The maximum atomic E-state index is 5.97. The van der Waals surface area contributed by atoms with E-state index in [9.17, 15) is 0 Å². The molecule has 2 aliphatic rings. The van der Waals surface area contributed by atoms with Crippen molar-refractivity contribution in [2.24, 2.45) is 5.41 Å². The molecule has 2 aliphatic heterocycles. The van der Waals surface area contributed by atoms with Crippen LogP contribution in [0.15, 0.2) is 24.3 Å². The number of halogens is 1. The molecule has 21 heavy (non-hydrogen) atoms. The molecule has 2 saturated heterocycles. The van der Waals surface area contributed by atoms with Gasteiger partial charge in [-0.15, -0.1) is 0 Å². The van der Waals surface area contributed by atoms with E-state index >= 15 is 0 Å². The standard InChI is InChI=1S/C17H26ClN3/c1-17(6-8-19-9-7-17)14-20-10-12-21(13-11-20)16-4-2-15(18)3-5-16/h2-5,19H,6-14H2,1H3. The van der Waals surface area contributed by atoms with Crippen LogP contribution in [0.25, 0.3) is 0 Å². The lowest BCUT2D eigenvalue weighted by Crippen LogP contribution is -2.51. The summed E-state index contributed by atoms with van der Waals surface area (Å²) in [4.78, 5) is 5.12. The molecule has 3 nitrogen and oxygen atoms in total. The molecule has 0 spiro atoms. The minimum Gasteiger partial charge on any atom is -0.369 e. The summed E-state index contributed by atoms with van der Waals surface area (Å²) in [7, 11) is 0. The molecule has 0 atom stereocenters. The number of benzene rings is 1. The van der Waals surface area contributed by atoms with Crippen molar-refractivity contribution in [1.82, 2.24) is 10.2 Å². The second-order valence-electron chi connectivity index (χ2n) is 6.80. The number of nitrogens with zero attached hydrogens (tertiary/aromatic N) is 2. The van der Waals surface area contributed by atoms with Crippen LogP contribution >= 0.6 is 11.6 Å². The van der Waals surface area contributed by atoms with Crippen molar-refractivity contribution in [3.05, 3.63) is 29.3 Å². The van der Waals surface area contributed by atoms with Crippen molar-refractivity contribution in [2.75, 3.05) is 50.7 Å². The first-order chi connectivity index (χ1) is 10.1. The normalized spacial score (nSPS) is 23.2. The third-order valence-electron chi connectivity index (χ3n) is 4.98. The van der Waals surface area contributed by atoms with Crippen LogP contribution in [0, 0.1) is 5.41 Å². The van der Waals surface area contributed by atoms with Gasteiger partial charge < -0.3 is 10.2 Å². The highest BCUT2D eigenvalue weighted by atomic mass is 35.5. The molecule has 116 valence electrons. The van der Waals surface area contributed by atoms with Gasteiger partial charge in [0.25, 0.3) is 0 Å². The summed E-state index contributed by atoms with van der Waals surface area (Å²) in [6.07, 6.45) is 2.62. The second kappa shape index (κ2) is 6.55. The van der Waals surface area contributed by atoms with Gasteiger partial charge in [-0.1, -0.05) is 18.5 Å². The van der Waals surface area contributed by atoms with Gasteiger partial charge in [-0.3, -0.25) is 4.90 Å². The van der Waals surface area contributed by atoms with E-state index in [1.54, 1.807) is 0 Å². The Bertz CT molecular complexity index is 446. The molecule has 0 radical (unpaired) electrons. The second-order valence-corrected chi connectivity index (χ2v) is 7.24. The van der Waals surface area contributed by atoms with Crippen LogP contribution in [0.4, 0.5) is 5.69 Å². The summed E-state index contributed by atoms with van der Waals surface area (Å²) >= 11 is 5.97. The summed E-state index contributed by atoms with van der Waals surface area (Å²) in [5.41, 5.74) is 1.81. The number of piperidine rings is 1. The van der Waals surface area contributed by atoms with E-state index in [2.05, 4.69) is 34.2 Å². The van der Waals surface area contributed by atoms with E-state index in [-0.39, 0.29) is 0 Å². The molecule has 3 rings (SSSR count). The quantitative estimate of drug-likeness (QED) is 0.926. The summed E-state index contributed by atoms with van der Waals surface area (Å²) < 4.78 is 0. The number of hydrogen-bond donors (Lipinski definition) is 1. The van der Waals surface area contributed by atoms with Gasteiger partial charge in [0.2, 0.25) is 0 Å². The van der Waals surface area contributed by atoms with Crippen molar-refractivity contribution >= 4 is 17.3 Å². The Morgan fingerprint density at radius 1 is 1.05 bits per heavy atom. The Labute approximate surface area is 133 Å². The minimum absolute atomic E-state index is 0.508. The van der Waals surface area contributed by atoms with Crippen LogP contribution in [0.5, 0.6) is 0 Å². The topological polar surface area (TPSA) is 18.5 Å².